The first-order valence-corrected chi connectivity index (χ1v) is 7.00. The largest absolute Gasteiger partial charge is 0.393 e. The normalized spacial score (nSPS) is 21.5. The van der Waals surface area contributed by atoms with E-state index >= 15 is 0 Å². The molecule has 110 valence electrons. The molecule has 1 aliphatic rings. The van der Waals surface area contributed by atoms with E-state index in [-0.39, 0.29) is 23.3 Å². The predicted octanol–water partition coefficient (Wildman–Crippen LogP) is 1.56. The summed E-state index contributed by atoms with van der Waals surface area (Å²) in [6.45, 7) is 4.73. The Kier molecular flexibility index (Phi) is 6.61. The fourth-order valence-electron chi connectivity index (χ4n) is 1.29. The highest BCUT2D eigenvalue weighted by molar-refractivity contribution is 7.85. The highest BCUT2D eigenvalue weighted by Gasteiger charge is 2.31. The van der Waals surface area contributed by atoms with E-state index in [9.17, 15) is 8.42 Å². The molecule has 1 unspecified atom stereocenters. The van der Waals surface area contributed by atoms with Crippen LogP contribution >= 0.6 is 0 Å². The van der Waals surface area contributed by atoms with E-state index in [1.165, 1.54) is 12.1 Å². The van der Waals surface area contributed by atoms with E-state index in [2.05, 4.69) is 0 Å². The van der Waals surface area contributed by atoms with E-state index < -0.39 is 10.1 Å². The van der Waals surface area contributed by atoms with Gasteiger partial charge in [-0.3, -0.25) is 4.55 Å². The van der Waals surface area contributed by atoms with Crippen LogP contribution in [0.1, 0.15) is 18.9 Å². The third kappa shape index (κ3) is 5.66. The fourth-order valence-corrected chi connectivity index (χ4v) is 1.77. The number of aliphatic hydroxyl groups is 1. The van der Waals surface area contributed by atoms with Crippen LogP contribution in [0.25, 0.3) is 0 Å². The van der Waals surface area contributed by atoms with Gasteiger partial charge in [0.2, 0.25) is 0 Å². The molecule has 1 aliphatic heterocycles. The van der Waals surface area contributed by atoms with Crippen molar-refractivity contribution < 1.29 is 22.8 Å². The fraction of sp³-hybridized carbons (Fsp3) is 0.500. The summed E-state index contributed by atoms with van der Waals surface area (Å²) in [5, 5.41) is 8.52. The van der Waals surface area contributed by atoms with Gasteiger partial charge in [-0.1, -0.05) is 17.7 Å². The van der Waals surface area contributed by atoms with E-state index in [0.717, 1.165) is 18.6 Å². The Balaban J connectivity index is 0.000000352. The van der Waals surface area contributed by atoms with Gasteiger partial charge in [0.05, 0.1) is 23.7 Å². The Morgan fingerprint density at radius 1 is 1.32 bits per heavy atom. The number of hydrogen-bond donors (Lipinski definition) is 3. The van der Waals surface area contributed by atoms with Crippen molar-refractivity contribution in [2.24, 2.45) is 0 Å². The van der Waals surface area contributed by atoms with Crippen molar-refractivity contribution in [3.63, 3.8) is 0 Å². The second-order valence-corrected chi connectivity index (χ2v) is 5.92. The summed E-state index contributed by atoms with van der Waals surface area (Å²) in [6, 6.07) is 5.99. The van der Waals surface area contributed by atoms with Crippen LogP contribution < -0.4 is 6.15 Å². The van der Waals surface area contributed by atoms with E-state index in [1.807, 2.05) is 13.8 Å². The van der Waals surface area contributed by atoms with Crippen molar-refractivity contribution in [2.45, 2.75) is 30.8 Å². The molecule has 1 aromatic carbocycles. The number of rotatable bonds is 2. The molecule has 2 rings (SSSR count). The molecule has 19 heavy (non-hydrogen) atoms. The maximum atomic E-state index is 10.5. The molecule has 1 heterocycles. The molecule has 0 radical (unpaired) electrons. The van der Waals surface area contributed by atoms with Crippen LogP contribution in [0.15, 0.2) is 29.2 Å². The minimum Gasteiger partial charge on any atom is -0.393 e. The Hall–Kier alpha value is -0.990. The van der Waals surface area contributed by atoms with Crippen LogP contribution in [0.3, 0.4) is 0 Å². The van der Waals surface area contributed by atoms with Crippen LogP contribution in [0.5, 0.6) is 0 Å². The number of hydrogen-bond acceptors (Lipinski definition) is 5. The lowest BCUT2D eigenvalue weighted by molar-refractivity contribution is -0.157. The summed E-state index contributed by atoms with van der Waals surface area (Å²) in [5.74, 6) is 0. The van der Waals surface area contributed by atoms with Gasteiger partial charge in [-0.05, 0) is 26.0 Å². The molecule has 1 atom stereocenters. The van der Waals surface area contributed by atoms with Gasteiger partial charge in [0.25, 0.3) is 10.1 Å². The van der Waals surface area contributed by atoms with Crippen LogP contribution in [-0.2, 0) is 14.9 Å². The lowest BCUT2D eigenvalue weighted by Crippen LogP contribution is -2.43. The Labute approximate surface area is 113 Å². The van der Waals surface area contributed by atoms with Crippen molar-refractivity contribution in [1.82, 2.24) is 6.15 Å². The van der Waals surface area contributed by atoms with Gasteiger partial charge < -0.3 is 16.0 Å². The monoisotopic (exact) mass is 291 g/mol. The van der Waals surface area contributed by atoms with Crippen molar-refractivity contribution in [1.29, 1.82) is 0 Å². The van der Waals surface area contributed by atoms with Gasteiger partial charge >= 0.3 is 0 Å². The van der Waals surface area contributed by atoms with Crippen LogP contribution in [0, 0.1) is 6.92 Å². The average molecular weight is 291 g/mol. The molecule has 7 heteroatoms. The van der Waals surface area contributed by atoms with Gasteiger partial charge in [-0.2, -0.15) is 8.42 Å². The van der Waals surface area contributed by atoms with Crippen molar-refractivity contribution >= 4 is 10.1 Å². The summed E-state index contributed by atoms with van der Waals surface area (Å²) in [7, 11) is -4.02. The van der Waals surface area contributed by atoms with Crippen LogP contribution in [0.2, 0.25) is 0 Å². The molecule has 5 N–H and O–H groups in total. The SMILES string of the molecule is CC1(CO)CCO1.Cc1ccc(S(=O)(=O)O)cc1.N. The Bertz CT molecular complexity index is 474. The molecule has 0 bridgehead atoms. The summed E-state index contributed by atoms with van der Waals surface area (Å²) in [4.78, 5) is -0.0666. The third-order valence-corrected chi connectivity index (χ3v) is 3.60. The predicted molar refractivity (Wildman–Crippen MR) is 72.1 cm³/mol. The molecule has 0 aliphatic carbocycles. The van der Waals surface area contributed by atoms with Crippen LogP contribution in [-0.4, -0.2) is 36.9 Å². The first-order valence-electron chi connectivity index (χ1n) is 5.56. The first-order chi connectivity index (χ1) is 8.27. The number of aliphatic hydroxyl groups excluding tert-OH is 1. The summed E-state index contributed by atoms with van der Waals surface area (Å²) >= 11 is 0. The van der Waals surface area contributed by atoms with Gasteiger partial charge in [0.1, 0.15) is 0 Å². The van der Waals surface area contributed by atoms with Gasteiger partial charge in [0, 0.05) is 6.42 Å². The first kappa shape index (κ1) is 18.0. The molecule has 1 fully saturated rings. The highest BCUT2D eigenvalue weighted by atomic mass is 32.2. The quantitative estimate of drug-likeness (QED) is 0.711. The zero-order valence-electron chi connectivity index (χ0n) is 11.2. The van der Waals surface area contributed by atoms with E-state index in [4.69, 9.17) is 14.4 Å². The topological polar surface area (TPSA) is 119 Å². The Morgan fingerprint density at radius 2 is 1.79 bits per heavy atom. The van der Waals surface area contributed by atoms with Gasteiger partial charge in [0.15, 0.2) is 0 Å². The third-order valence-electron chi connectivity index (χ3n) is 2.73. The second-order valence-electron chi connectivity index (χ2n) is 4.49. The van der Waals surface area contributed by atoms with Crippen molar-refractivity contribution in [3.05, 3.63) is 29.8 Å². The van der Waals surface area contributed by atoms with Gasteiger partial charge in [-0.15, -0.1) is 0 Å². The molecule has 0 aromatic heterocycles. The lowest BCUT2D eigenvalue weighted by atomic mass is 9.99. The number of aryl methyl sites for hydroxylation is 1. The zero-order chi connectivity index (χ0) is 13.8. The van der Waals surface area contributed by atoms with Crippen molar-refractivity contribution in [2.75, 3.05) is 13.2 Å². The van der Waals surface area contributed by atoms with Crippen molar-refractivity contribution in [3.8, 4) is 0 Å². The van der Waals surface area contributed by atoms with Crippen LogP contribution in [0.4, 0.5) is 0 Å². The maximum absolute atomic E-state index is 10.5. The second kappa shape index (κ2) is 6.97. The molecule has 1 saturated heterocycles. The summed E-state index contributed by atoms with van der Waals surface area (Å²) < 4.78 is 34.6. The molecule has 1 aromatic rings. The highest BCUT2D eigenvalue weighted by Crippen LogP contribution is 2.23. The zero-order valence-corrected chi connectivity index (χ0v) is 12.0. The minimum absolute atomic E-state index is 0. The number of benzene rings is 1. The minimum atomic E-state index is -4.02. The molecule has 0 saturated carbocycles. The van der Waals surface area contributed by atoms with Gasteiger partial charge in [-0.25, -0.2) is 0 Å². The standard InChI is InChI=1S/C7H8O3S.C5H10O2.H3N/c1-6-2-4-7(5-3-6)11(8,9)10;1-5(4-6)2-3-7-5;/h2-5H,1H3,(H,8,9,10);6H,2-4H2,1H3;1H3. The summed E-state index contributed by atoms with van der Waals surface area (Å²) in [5.41, 5.74) is 0.775. The molecular formula is C12H21NO5S. The molecule has 0 spiro atoms. The average Bonchev–Trinajstić information content (AvgIpc) is 2.26. The smallest absolute Gasteiger partial charge is 0.294 e. The lowest BCUT2D eigenvalue weighted by Gasteiger charge is -2.36. The Morgan fingerprint density at radius 3 is 2.00 bits per heavy atom. The molecule has 6 nitrogen and oxygen atoms in total. The molecule has 0 amide bonds. The number of ether oxygens (including phenoxy) is 1. The van der Waals surface area contributed by atoms with E-state index in [0.29, 0.717) is 0 Å². The summed E-state index contributed by atoms with van der Waals surface area (Å²) in [6.07, 6.45) is 1.00. The molecular weight excluding hydrogens is 270 g/mol. The maximum Gasteiger partial charge on any atom is 0.294 e. The van der Waals surface area contributed by atoms with E-state index in [1.54, 1.807) is 12.1 Å².